The number of nitrogens with one attached hydrogen (secondary N) is 3. The Kier molecular flexibility index (Phi) is 8.46. The number of hydrogen-bond donors (Lipinski definition) is 3. The molecule has 2 rings (SSSR count). The maximum atomic E-state index is 12.0. The Morgan fingerprint density at radius 3 is 2.88 bits per heavy atom. The number of nitrogens with zero attached hydrogens (tertiary/aromatic N) is 2. The normalized spacial score (nSPS) is 15.4. The number of halogens is 1. The maximum absolute atomic E-state index is 12.0. The Morgan fingerprint density at radius 2 is 2.16 bits per heavy atom. The summed E-state index contributed by atoms with van der Waals surface area (Å²) in [5, 5.41) is 18.3. The van der Waals surface area contributed by atoms with Gasteiger partial charge in [-0.2, -0.15) is 5.26 Å². The highest BCUT2D eigenvalue weighted by Gasteiger charge is 2.11. The minimum atomic E-state index is -0.326. The van der Waals surface area contributed by atoms with E-state index < -0.39 is 0 Å². The van der Waals surface area contributed by atoms with E-state index in [-0.39, 0.29) is 11.5 Å². The molecule has 0 aromatic heterocycles. The smallest absolute Gasteiger partial charge is 0.263 e. The molecule has 1 fully saturated rings. The van der Waals surface area contributed by atoms with Crippen LogP contribution in [0.25, 0.3) is 0 Å². The van der Waals surface area contributed by atoms with Crippen molar-refractivity contribution in [2.45, 2.75) is 6.42 Å². The first kappa shape index (κ1) is 19.4. The molecular formula is C18H24BrN5O. The van der Waals surface area contributed by atoms with Gasteiger partial charge in [0.15, 0.2) is 0 Å². The predicted octanol–water partition coefficient (Wildman–Crippen LogP) is 1.01. The standard InChI is InChI=1S/C18H24BrN5O/c19-17-3-1-2-15(12-17)4-5-22-14-16(13-20)18(25)23-8-11-24-9-6-21-7-10-24/h1-3,12,14,21-22H,4-11H2,(H,23,25)/b16-14-. The Morgan fingerprint density at radius 1 is 1.36 bits per heavy atom. The molecule has 0 saturated carbocycles. The van der Waals surface area contributed by atoms with E-state index >= 15 is 0 Å². The summed E-state index contributed by atoms with van der Waals surface area (Å²) in [4.78, 5) is 14.3. The molecule has 3 N–H and O–H groups in total. The summed E-state index contributed by atoms with van der Waals surface area (Å²) in [5.41, 5.74) is 1.30. The Bertz CT molecular complexity index is 635. The maximum Gasteiger partial charge on any atom is 0.263 e. The summed E-state index contributed by atoms with van der Waals surface area (Å²) in [5.74, 6) is -0.326. The van der Waals surface area contributed by atoms with E-state index in [9.17, 15) is 4.79 Å². The van der Waals surface area contributed by atoms with Crippen LogP contribution in [0.15, 0.2) is 40.5 Å². The highest BCUT2D eigenvalue weighted by Crippen LogP contribution is 2.11. The van der Waals surface area contributed by atoms with Gasteiger partial charge in [0.25, 0.3) is 5.91 Å². The number of carbonyl (C=O) groups excluding carboxylic acids is 1. The summed E-state index contributed by atoms with van der Waals surface area (Å²) < 4.78 is 1.04. The van der Waals surface area contributed by atoms with Crippen molar-refractivity contribution < 1.29 is 4.79 Å². The minimum Gasteiger partial charge on any atom is -0.389 e. The third-order valence-electron chi connectivity index (χ3n) is 3.98. The van der Waals surface area contributed by atoms with E-state index in [1.807, 2.05) is 24.3 Å². The third-order valence-corrected chi connectivity index (χ3v) is 4.47. The van der Waals surface area contributed by atoms with Crippen molar-refractivity contribution in [3.8, 4) is 6.07 Å². The van der Waals surface area contributed by atoms with Gasteiger partial charge in [-0.25, -0.2) is 0 Å². The van der Waals surface area contributed by atoms with Crippen LogP contribution in [0.4, 0.5) is 0 Å². The lowest BCUT2D eigenvalue weighted by Gasteiger charge is -2.27. The van der Waals surface area contributed by atoms with Crippen LogP contribution in [0.2, 0.25) is 0 Å². The van der Waals surface area contributed by atoms with E-state index in [2.05, 4.69) is 42.8 Å². The zero-order valence-corrected chi connectivity index (χ0v) is 15.8. The first-order valence-corrected chi connectivity index (χ1v) is 9.27. The van der Waals surface area contributed by atoms with Crippen molar-refractivity contribution in [3.05, 3.63) is 46.1 Å². The van der Waals surface area contributed by atoms with Crippen LogP contribution in [0.1, 0.15) is 5.56 Å². The largest absolute Gasteiger partial charge is 0.389 e. The zero-order valence-electron chi connectivity index (χ0n) is 14.2. The van der Waals surface area contributed by atoms with Gasteiger partial charge in [-0.05, 0) is 24.1 Å². The molecule has 0 unspecified atom stereocenters. The van der Waals surface area contributed by atoms with Crippen LogP contribution < -0.4 is 16.0 Å². The van der Waals surface area contributed by atoms with Gasteiger partial charge >= 0.3 is 0 Å². The van der Waals surface area contributed by atoms with E-state index in [4.69, 9.17) is 5.26 Å². The number of piperazine rings is 1. The SMILES string of the molecule is N#C/C(=C/NCCc1cccc(Br)c1)C(=O)NCCN1CCNCC1. The molecule has 1 aliphatic heterocycles. The topological polar surface area (TPSA) is 80.2 Å². The molecule has 1 aromatic rings. The number of hydrogen-bond acceptors (Lipinski definition) is 5. The van der Waals surface area contributed by atoms with Gasteiger partial charge < -0.3 is 16.0 Å². The number of amides is 1. The van der Waals surface area contributed by atoms with Crippen LogP contribution in [-0.2, 0) is 11.2 Å². The van der Waals surface area contributed by atoms with Gasteiger partial charge in [0, 0.05) is 56.5 Å². The summed E-state index contributed by atoms with van der Waals surface area (Å²) in [7, 11) is 0. The van der Waals surface area contributed by atoms with Crippen LogP contribution in [-0.4, -0.2) is 56.6 Å². The molecule has 0 bridgehead atoms. The van der Waals surface area contributed by atoms with Gasteiger partial charge in [0.1, 0.15) is 11.6 Å². The fraction of sp³-hybridized carbons (Fsp3) is 0.444. The van der Waals surface area contributed by atoms with Crippen molar-refractivity contribution in [3.63, 3.8) is 0 Å². The third kappa shape index (κ3) is 7.26. The molecule has 0 aliphatic carbocycles. The van der Waals surface area contributed by atoms with Crippen LogP contribution in [0.3, 0.4) is 0 Å². The fourth-order valence-corrected chi connectivity index (χ4v) is 3.04. The molecular weight excluding hydrogens is 382 g/mol. The first-order valence-electron chi connectivity index (χ1n) is 8.48. The number of carbonyl (C=O) groups is 1. The molecule has 134 valence electrons. The van der Waals surface area contributed by atoms with Crippen molar-refractivity contribution in [2.24, 2.45) is 0 Å². The van der Waals surface area contributed by atoms with E-state index in [1.54, 1.807) is 0 Å². The van der Waals surface area contributed by atoms with Gasteiger partial charge in [-0.1, -0.05) is 28.1 Å². The summed E-state index contributed by atoms with van der Waals surface area (Å²) >= 11 is 3.44. The molecule has 1 saturated heterocycles. The zero-order chi connectivity index (χ0) is 17.9. The van der Waals surface area contributed by atoms with Crippen molar-refractivity contribution in [2.75, 3.05) is 45.8 Å². The lowest BCUT2D eigenvalue weighted by Crippen LogP contribution is -2.46. The molecule has 1 heterocycles. The van der Waals surface area contributed by atoms with Crippen molar-refractivity contribution >= 4 is 21.8 Å². The van der Waals surface area contributed by atoms with E-state index in [0.717, 1.165) is 43.6 Å². The molecule has 0 atom stereocenters. The van der Waals surface area contributed by atoms with Crippen molar-refractivity contribution in [1.29, 1.82) is 5.26 Å². The number of nitriles is 1. The van der Waals surface area contributed by atoms with Gasteiger partial charge in [0.2, 0.25) is 0 Å². The minimum absolute atomic E-state index is 0.106. The molecule has 1 aromatic carbocycles. The average Bonchev–Trinajstić information content (AvgIpc) is 2.62. The van der Waals surface area contributed by atoms with E-state index in [0.29, 0.717) is 13.1 Å². The molecule has 1 amide bonds. The Balaban J connectivity index is 1.69. The molecule has 6 nitrogen and oxygen atoms in total. The molecule has 0 radical (unpaired) electrons. The van der Waals surface area contributed by atoms with Gasteiger partial charge in [-0.15, -0.1) is 0 Å². The molecule has 25 heavy (non-hydrogen) atoms. The Hall–Kier alpha value is -1.88. The summed E-state index contributed by atoms with van der Waals surface area (Å²) in [6, 6.07) is 10.0. The molecule has 0 spiro atoms. The summed E-state index contributed by atoms with van der Waals surface area (Å²) in [6.45, 7) is 5.98. The van der Waals surface area contributed by atoms with Crippen molar-refractivity contribution in [1.82, 2.24) is 20.9 Å². The lowest BCUT2D eigenvalue weighted by molar-refractivity contribution is -0.117. The van der Waals surface area contributed by atoms with Crippen LogP contribution >= 0.6 is 15.9 Å². The van der Waals surface area contributed by atoms with Crippen LogP contribution in [0, 0.1) is 11.3 Å². The first-order chi connectivity index (χ1) is 12.2. The Labute approximate surface area is 157 Å². The second-order valence-corrected chi connectivity index (χ2v) is 6.77. The molecule has 7 heteroatoms. The number of rotatable bonds is 8. The highest BCUT2D eigenvalue weighted by atomic mass is 79.9. The van der Waals surface area contributed by atoms with Crippen LogP contribution in [0.5, 0.6) is 0 Å². The van der Waals surface area contributed by atoms with E-state index in [1.165, 1.54) is 11.8 Å². The second kappa shape index (κ2) is 10.9. The summed E-state index contributed by atoms with van der Waals surface area (Å²) in [6.07, 6.45) is 2.32. The lowest BCUT2D eigenvalue weighted by atomic mass is 10.1. The van der Waals surface area contributed by atoms with Gasteiger partial charge in [-0.3, -0.25) is 9.69 Å². The van der Waals surface area contributed by atoms with Gasteiger partial charge in [0.05, 0.1) is 0 Å². The highest BCUT2D eigenvalue weighted by molar-refractivity contribution is 9.10. The average molecular weight is 406 g/mol. The fourth-order valence-electron chi connectivity index (χ4n) is 2.59. The number of benzene rings is 1. The quantitative estimate of drug-likeness (QED) is 0.341. The predicted molar refractivity (Wildman–Crippen MR) is 102 cm³/mol. The molecule has 1 aliphatic rings. The second-order valence-electron chi connectivity index (χ2n) is 5.85. The monoisotopic (exact) mass is 405 g/mol.